The van der Waals surface area contributed by atoms with Crippen LogP contribution in [0.1, 0.15) is 74.6 Å². The average Bonchev–Trinajstić information content (AvgIpc) is 2.89. The zero-order valence-electron chi connectivity index (χ0n) is 20.7. The largest absolute Gasteiger partial charge is 0.508 e. The van der Waals surface area contributed by atoms with Gasteiger partial charge in [-0.2, -0.15) is 0 Å². The summed E-state index contributed by atoms with van der Waals surface area (Å²) in [6.45, 7) is 6.09. The number of aromatic hydroxyl groups is 1. The smallest absolute Gasteiger partial charge is 0.115 e. The number of rotatable bonds is 11. The number of nitrogens with zero attached hydrogens (tertiary/aromatic N) is 2. The number of piperidine rings is 1. The lowest BCUT2D eigenvalue weighted by atomic mass is 9.72. The van der Waals surface area contributed by atoms with Crippen LogP contribution in [0.15, 0.2) is 79.0 Å². The van der Waals surface area contributed by atoms with E-state index in [1.54, 1.807) is 12.1 Å². The molecule has 0 saturated carbocycles. The van der Waals surface area contributed by atoms with Crippen molar-refractivity contribution in [2.24, 2.45) is 5.41 Å². The number of hydrogen-bond donors (Lipinski definition) is 1. The van der Waals surface area contributed by atoms with Gasteiger partial charge in [-0.05, 0) is 99.0 Å². The summed E-state index contributed by atoms with van der Waals surface area (Å²) in [5.74, 6) is 0.609. The van der Waals surface area contributed by atoms with Crippen LogP contribution < -0.4 is 0 Å². The van der Waals surface area contributed by atoms with Gasteiger partial charge < -0.3 is 10.0 Å². The van der Waals surface area contributed by atoms with Crippen LogP contribution in [0.5, 0.6) is 5.75 Å². The highest BCUT2D eigenvalue weighted by atomic mass is 16.3. The molecule has 1 aliphatic heterocycles. The van der Waals surface area contributed by atoms with E-state index in [1.165, 1.54) is 75.7 Å². The van der Waals surface area contributed by atoms with E-state index in [0.717, 1.165) is 12.1 Å². The number of aryl methyl sites for hydroxylation is 1. The topological polar surface area (TPSA) is 36.4 Å². The quantitative estimate of drug-likeness (QED) is 0.331. The van der Waals surface area contributed by atoms with Crippen molar-refractivity contribution in [2.45, 2.75) is 64.2 Å². The van der Waals surface area contributed by atoms with Crippen molar-refractivity contribution in [1.29, 1.82) is 0 Å². The molecule has 3 heteroatoms. The normalized spacial score (nSPS) is 16.9. The predicted octanol–water partition coefficient (Wildman–Crippen LogP) is 7.21. The summed E-state index contributed by atoms with van der Waals surface area (Å²) in [5.41, 5.74) is 4.32. The Labute approximate surface area is 205 Å². The van der Waals surface area contributed by atoms with E-state index < -0.39 is 0 Å². The number of aromatic nitrogens is 1. The van der Waals surface area contributed by atoms with Crippen LogP contribution in [0.2, 0.25) is 0 Å². The molecule has 0 spiro atoms. The molecule has 1 aliphatic rings. The molecule has 180 valence electrons. The van der Waals surface area contributed by atoms with Gasteiger partial charge >= 0.3 is 0 Å². The fourth-order valence-corrected chi connectivity index (χ4v) is 5.64. The second-order valence-electron chi connectivity index (χ2n) is 10.1. The van der Waals surface area contributed by atoms with E-state index in [1.807, 2.05) is 12.3 Å². The third-order valence-electron chi connectivity index (χ3n) is 7.99. The lowest BCUT2D eigenvalue weighted by molar-refractivity contribution is 0.0876. The van der Waals surface area contributed by atoms with Crippen LogP contribution in [0, 0.1) is 5.41 Å². The summed E-state index contributed by atoms with van der Waals surface area (Å²) in [6, 6.07) is 24.8. The first-order valence-corrected chi connectivity index (χ1v) is 13.1. The first kappa shape index (κ1) is 24.5. The van der Waals surface area contributed by atoms with Crippen LogP contribution in [-0.4, -0.2) is 34.6 Å². The maximum atomic E-state index is 9.73. The number of phenolic OH excluding ortho intramolecular Hbond substituents is 1. The molecule has 2 aromatic carbocycles. The summed E-state index contributed by atoms with van der Waals surface area (Å²) in [5, 5.41) is 9.73. The molecule has 1 unspecified atom stereocenters. The predicted molar refractivity (Wildman–Crippen MR) is 141 cm³/mol. The first-order valence-electron chi connectivity index (χ1n) is 13.1. The van der Waals surface area contributed by atoms with Crippen LogP contribution in [-0.2, 0) is 6.42 Å². The summed E-state index contributed by atoms with van der Waals surface area (Å²) in [4.78, 5) is 7.36. The Kier molecular flexibility index (Phi) is 8.76. The fourth-order valence-electron chi connectivity index (χ4n) is 5.64. The number of hydrogen-bond acceptors (Lipinski definition) is 3. The van der Waals surface area contributed by atoms with Crippen molar-refractivity contribution in [3.63, 3.8) is 0 Å². The van der Waals surface area contributed by atoms with E-state index in [4.69, 9.17) is 0 Å². The highest BCUT2D eigenvalue weighted by molar-refractivity contribution is 5.33. The molecule has 3 nitrogen and oxygen atoms in total. The summed E-state index contributed by atoms with van der Waals surface area (Å²) in [6.07, 6.45) is 11.9. The van der Waals surface area contributed by atoms with Gasteiger partial charge in [-0.25, -0.2) is 0 Å². The van der Waals surface area contributed by atoms with Crippen LogP contribution >= 0.6 is 0 Å². The lowest BCUT2D eigenvalue weighted by Crippen LogP contribution is -2.40. The van der Waals surface area contributed by atoms with Gasteiger partial charge in [0.15, 0.2) is 0 Å². The zero-order chi connectivity index (χ0) is 23.6. The Morgan fingerprint density at radius 1 is 0.912 bits per heavy atom. The minimum absolute atomic E-state index is 0.286. The van der Waals surface area contributed by atoms with Crippen molar-refractivity contribution >= 4 is 0 Å². The minimum Gasteiger partial charge on any atom is -0.508 e. The zero-order valence-corrected chi connectivity index (χ0v) is 20.7. The van der Waals surface area contributed by atoms with Crippen molar-refractivity contribution in [3.05, 3.63) is 95.8 Å². The second kappa shape index (κ2) is 12.2. The first-order chi connectivity index (χ1) is 16.7. The van der Waals surface area contributed by atoms with Crippen molar-refractivity contribution in [3.8, 4) is 5.75 Å². The maximum Gasteiger partial charge on any atom is 0.115 e. The molecule has 1 N–H and O–H groups in total. The van der Waals surface area contributed by atoms with E-state index in [0.29, 0.717) is 11.2 Å². The molecule has 0 aliphatic carbocycles. The fraction of sp³-hybridized carbons (Fsp3) is 0.452. The summed E-state index contributed by atoms with van der Waals surface area (Å²) < 4.78 is 0. The van der Waals surface area contributed by atoms with Crippen LogP contribution in [0.4, 0.5) is 0 Å². The lowest BCUT2D eigenvalue weighted by Gasteiger charge is -2.42. The molecule has 1 aromatic heterocycles. The number of likely N-dealkylation sites (tertiary alicyclic amines) is 1. The van der Waals surface area contributed by atoms with Crippen LogP contribution in [0.25, 0.3) is 0 Å². The SMILES string of the molecule is CCC1(CCCC(c2ccc(O)cc2)c2ccccn2)CCN(CCCc2ccccc2)CC1. The molecular formula is C31H40N2O. The third-order valence-corrected chi connectivity index (χ3v) is 7.99. The van der Waals surface area contributed by atoms with Gasteiger partial charge in [0.05, 0.1) is 0 Å². The molecule has 0 radical (unpaired) electrons. The molecule has 1 saturated heterocycles. The van der Waals surface area contributed by atoms with Gasteiger partial charge in [-0.3, -0.25) is 4.98 Å². The molecule has 0 bridgehead atoms. The van der Waals surface area contributed by atoms with E-state index in [-0.39, 0.29) is 5.92 Å². The van der Waals surface area contributed by atoms with E-state index >= 15 is 0 Å². The molecule has 2 heterocycles. The monoisotopic (exact) mass is 456 g/mol. The molecule has 1 fully saturated rings. The van der Waals surface area contributed by atoms with Gasteiger partial charge in [-0.15, -0.1) is 0 Å². The van der Waals surface area contributed by atoms with Gasteiger partial charge in [0.1, 0.15) is 5.75 Å². The minimum atomic E-state index is 0.286. The highest BCUT2D eigenvalue weighted by Gasteiger charge is 2.32. The van der Waals surface area contributed by atoms with Crippen LogP contribution in [0.3, 0.4) is 0 Å². The van der Waals surface area contributed by atoms with Crippen molar-refractivity contribution in [2.75, 3.05) is 19.6 Å². The second-order valence-corrected chi connectivity index (χ2v) is 10.1. The Morgan fingerprint density at radius 2 is 1.65 bits per heavy atom. The van der Waals surface area contributed by atoms with Gasteiger partial charge in [0, 0.05) is 17.8 Å². The van der Waals surface area contributed by atoms with Crippen molar-refractivity contribution in [1.82, 2.24) is 9.88 Å². The van der Waals surface area contributed by atoms with Crippen molar-refractivity contribution < 1.29 is 5.11 Å². The number of phenols is 1. The molecule has 0 amide bonds. The summed E-state index contributed by atoms with van der Waals surface area (Å²) in [7, 11) is 0. The van der Waals surface area contributed by atoms with Gasteiger partial charge in [0.25, 0.3) is 0 Å². The maximum absolute atomic E-state index is 9.73. The van der Waals surface area contributed by atoms with Gasteiger partial charge in [-0.1, -0.05) is 68.3 Å². The Morgan fingerprint density at radius 3 is 2.32 bits per heavy atom. The average molecular weight is 457 g/mol. The van der Waals surface area contributed by atoms with Gasteiger partial charge in [0.2, 0.25) is 0 Å². The molecule has 34 heavy (non-hydrogen) atoms. The standard InChI is InChI=1S/C31H40N2O/c1-2-31(20-24-33(25-21-31)23-9-12-26-10-4-3-5-11-26)19-8-13-29(30-14-6-7-22-32-30)27-15-17-28(34)18-16-27/h3-7,10-11,14-18,22,29,34H,2,8-9,12-13,19-21,23-25H2,1H3. The third kappa shape index (κ3) is 6.70. The molecule has 1 atom stereocenters. The Hall–Kier alpha value is -2.65. The molecular weight excluding hydrogens is 416 g/mol. The number of pyridine rings is 1. The Bertz CT molecular complexity index is 963. The molecule has 4 rings (SSSR count). The Balaban J connectivity index is 1.28. The molecule has 3 aromatic rings. The highest BCUT2D eigenvalue weighted by Crippen LogP contribution is 2.41. The summed E-state index contributed by atoms with van der Waals surface area (Å²) >= 11 is 0. The van der Waals surface area contributed by atoms with E-state index in [2.05, 4.69) is 71.4 Å². The number of benzene rings is 2. The van der Waals surface area contributed by atoms with E-state index in [9.17, 15) is 5.11 Å².